The number of benzene rings is 2. The largest absolute Gasteiger partial charge is 0.508 e. The number of phenols is 1. The highest BCUT2D eigenvalue weighted by Gasteiger charge is 2.12. The van der Waals surface area contributed by atoms with Crippen molar-refractivity contribution in [3.05, 3.63) is 46.1 Å². The number of carbonyl (C=O) groups excluding carboxylic acids is 1. The maximum absolute atomic E-state index is 11.4. The second-order valence-electron chi connectivity index (χ2n) is 4.53. The Morgan fingerprint density at radius 1 is 1.27 bits per heavy atom. The minimum absolute atomic E-state index is 0.0547. The summed E-state index contributed by atoms with van der Waals surface area (Å²) in [5.74, 6) is -0.355. The van der Waals surface area contributed by atoms with Crippen molar-refractivity contribution in [3.8, 4) is 16.9 Å². The first-order chi connectivity index (χ1) is 10.6. The van der Waals surface area contributed by atoms with Crippen LogP contribution in [0, 0.1) is 0 Å². The molecule has 3 rings (SSSR count). The van der Waals surface area contributed by atoms with Crippen molar-refractivity contribution >= 4 is 44.8 Å². The molecule has 1 heterocycles. The van der Waals surface area contributed by atoms with E-state index in [0.29, 0.717) is 21.5 Å². The number of phenolic OH excluding ortho intramolecular Hbond substituents is 1. The van der Waals surface area contributed by atoms with Crippen LogP contribution < -0.4 is 10.3 Å². The third-order valence-corrected chi connectivity index (χ3v) is 4.04. The van der Waals surface area contributed by atoms with Gasteiger partial charge in [0, 0.05) is 17.3 Å². The number of nitrogens with one attached hydrogen (secondary N) is 1. The predicted octanol–water partition coefficient (Wildman–Crippen LogP) is 3.40. The zero-order valence-corrected chi connectivity index (χ0v) is 12.7. The van der Waals surface area contributed by atoms with Gasteiger partial charge in [-0.25, -0.2) is 4.79 Å². The highest BCUT2D eigenvalue weighted by molar-refractivity contribution is 7.16. The van der Waals surface area contributed by atoms with Crippen LogP contribution in [-0.4, -0.2) is 16.9 Å². The Labute approximate surface area is 133 Å². The molecule has 0 bridgehead atoms. The summed E-state index contributed by atoms with van der Waals surface area (Å²) in [6.45, 7) is 0. The summed E-state index contributed by atoms with van der Waals surface area (Å²) in [6, 6.07) is 9.96. The summed E-state index contributed by atoms with van der Waals surface area (Å²) in [5.41, 5.74) is 2.41. The zero-order chi connectivity index (χ0) is 15.7. The van der Waals surface area contributed by atoms with Crippen LogP contribution in [-0.2, 0) is 4.79 Å². The molecule has 0 spiro atoms. The van der Waals surface area contributed by atoms with Crippen molar-refractivity contribution in [2.24, 2.45) is 0 Å². The van der Waals surface area contributed by atoms with E-state index in [2.05, 4.69) is 5.32 Å². The Kier molecular flexibility index (Phi) is 3.87. The molecular weight excluding hydrogens is 326 g/mol. The Morgan fingerprint density at radius 3 is 2.68 bits per heavy atom. The summed E-state index contributed by atoms with van der Waals surface area (Å²) in [4.78, 5) is 22.2. The molecule has 2 aromatic carbocycles. The third-order valence-electron chi connectivity index (χ3n) is 3.02. The molecule has 112 valence electrons. The van der Waals surface area contributed by atoms with Crippen molar-refractivity contribution in [1.82, 2.24) is 0 Å². The Morgan fingerprint density at radius 2 is 2.00 bits per heavy atom. The summed E-state index contributed by atoms with van der Waals surface area (Å²) >= 11 is 6.37. The number of rotatable bonds is 3. The fraction of sp³-hybridized carbons (Fsp3) is 0.0667. The molecule has 0 saturated heterocycles. The van der Waals surface area contributed by atoms with E-state index >= 15 is 0 Å². The first kappa shape index (κ1) is 14.6. The molecule has 1 aromatic heterocycles. The Balaban J connectivity index is 2.04. The Bertz CT molecular complexity index is 898. The van der Waals surface area contributed by atoms with E-state index in [4.69, 9.17) is 16.0 Å². The topological polar surface area (TPSA) is 79.5 Å². The predicted molar refractivity (Wildman–Crippen MR) is 86.8 cm³/mol. The number of halogens is 1. The lowest BCUT2D eigenvalue weighted by molar-refractivity contribution is -0.113. The third kappa shape index (κ3) is 2.84. The van der Waals surface area contributed by atoms with Gasteiger partial charge in [0.1, 0.15) is 11.6 Å². The molecule has 0 atom stereocenters. The molecule has 0 aliphatic rings. The molecule has 1 amide bonds. The number of hydrogen-bond donors (Lipinski definition) is 2. The summed E-state index contributed by atoms with van der Waals surface area (Å²) in [5, 5.41) is 12.4. The number of amides is 1. The van der Waals surface area contributed by atoms with Crippen molar-refractivity contribution in [2.75, 3.05) is 11.2 Å². The second-order valence-corrected chi connectivity index (χ2v) is 5.78. The second kappa shape index (κ2) is 5.82. The van der Waals surface area contributed by atoms with Gasteiger partial charge in [-0.2, -0.15) is 0 Å². The smallest absolute Gasteiger partial charge is 0.396 e. The van der Waals surface area contributed by atoms with Gasteiger partial charge in [0.2, 0.25) is 5.91 Å². The van der Waals surface area contributed by atoms with Gasteiger partial charge in [-0.05, 0) is 23.8 Å². The van der Waals surface area contributed by atoms with Crippen molar-refractivity contribution in [2.45, 2.75) is 0 Å². The first-order valence-corrected chi connectivity index (χ1v) is 7.65. The lowest BCUT2D eigenvalue weighted by atomic mass is 10.0. The molecule has 0 fully saturated rings. The van der Waals surface area contributed by atoms with Gasteiger partial charge in [0.15, 0.2) is 5.58 Å². The van der Waals surface area contributed by atoms with Crippen LogP contribution in [0.3, 0.4) is 0 Å². The van der Waals surface area contributed by atoms with E-state index in [1.165, 1.54) is 12.1 Å². The van der Waals surface area contributed by atoms with E-state index in [0.717, 1.165) is 16.9 Å². The molecule has 7 heteroatoms. The lowest BCUT2D eigenvalue weighted by Gasteiger charge is -2.06. The van der Waals surface area contributed by atoms with Crippen LogP contribution in [0.2, 0.25) is 0 Å². The van der Waals surface area contributed by atoms with E-state index in [9.17, 15) is 14.7 Å². The minimum atomic E-state index is -0.423. The van der Waals surface area contributed by atoms with Crippen LogP contribution in [0.1, 0.15) is 0 Å². The number of anilines is 1. The van der Waals surface area contributed by atoms with Gasteiger partial charge in [-0.3, -0.25) is 4.79 Å². The van der Waals surface area contributed by atoms with Gasteiger partial charge in [-0.15, -0.1) is 11.6 Å². The van der Waals surface area contributed by atoms with Gasteiger partial charge in [0.05, 0.1) is 4.70 Å². The molecule has 0 unspecified atom stereocenters. The van der Waals surface area contributed by atoms with Crippen molar-refractivity contribution < 1.29 is 14.3 Å². The van der Waals surface area contributed by atoms with Crippen LogP contribution in [0.5, 0.6) is 5.75 Å². The molecular formula is C15H10ClNO4S. The average molecular weight is 336 g/mol. The van der Waals surface area contributed by atoms with Gasteiger partial charge in [0.25, 0.3) is 0 Å². The summed E-state index contributed by atoms with van der Waals surface area (Å²) in [7, 11) is 0. The minimum Gasteiger partial charge on any atom is -0.508 e. The Hall–Kier alpha value is -2.31. The quantitative estimate of drug-likeness (QED) is 0.719. The molecule has 0 aliphatic heterocycles. The zero-order valence-electron chi connectivity index (χ0n) is 11.1. The van der Waals surface area contributed by atoms with Gasteiger partial charge in [-0.1, -0.05) is 23.5 Å². The number of hydrogen-bond acceptors (Lipinski definition) is 5. The van der Waals surface area contributed by atoms with E-state index in [1.807, 2.05) is 0 Å². The van der Waals surface area contributed by atoms with Crippen molar-refractivity contribution in [1.29, 1.82) is 0 Å². The first-order valence-electron chi connectivity index (χ1n) is 6.30. The van der Waals surface area contributed by atoms with Crippen LogP contribution in [0.25, 0.3) is 21.4 Å². The maximum atomic E-state index is 11.4. The number of carbonyl (C=O) groups is 1. The summed E-state index contributed by atoms with van der Waals surface area (Å²) in [6.07, 6.45) is 0. The van der Waals surface area contributed by atoms with Crippen LogP contribution in [0.4, 0.5) is 5.69 Å². The molecule has 0 aliphatic carbocycles. The lowest BCUT2D eigenvalue weighted by Crippen LogP contribution is -2.12. The number of alkyl halides is 1. The fourth-order valence-corrected chi connectivity index (χ4v) is 2.90. The highest BCUT2D eigenvalue weighted by Crippen LogP contribution is 2.34. The standard InChI is InChI=1S/C15H10ClNO4S/c16-7-13(19)17-9-3-1-8(2-4-9)11-5-10(18)6-12-14(11)21-15(20)22-12/h1-6,18H,7H2,(H,17,19). The van der Waals surface area contributed by atoms with E-state index in [1.54, 1.807) is 24.3 Å². The molecule has 3 aromatic rings. The number of fused-ring (bicyclic) bond motifs is 1. The van der Waals surface area contributed by atoms with Gasteiger partial charge >= 0.3 is 4.94 Å². The fourth-order valence-electron chi connectivity index (χ4n) is 2.10. The van der Waals surface area contributed by atoms with E-state index < -0.39 is 4.94 Å². The average Bonchev–Trinajstić information content (AvgIpc) is 2.87. The molecule has 2 N–H and O–H groups in total. The summed E-state index contributed by atoms with van der Waals surface area (Å²) < 4.78 is 5.77. The van der Waals surface area contributed by atoms with E-state index in [-0.39, 0.29) is 17.5 Å². The normalized spacial score (nSPS) is 10.8. The maximum Gasteiger partial charge on any atom is 0.396 e. The van der Waals surface area contributed by atoms with Crippen LogP contribution >= 0.6 is 22.9 Å². The number of aromatic hydroxyl groups is 1. The molecule has 5 nitrogen and oxygen atoms in total. The monoisotopic (exact) mass is 335 g/mol. The van der Waals surface area contributed by atoms with Gasteiger partial charge < -0.3 is 14.8 Å². The van der Waals surface area contributed by atoms with Crippen LogP contribution in [0.15, 0.2) is 45.6 Å². The molecule has 0 radical (unpaired) electrons. The molecule has 22 heavy (non-hydrogen) atoms. The van der Waals surface area contributed by atoms with Crippen molar-refractivity contribution in [3.63, 3.8) is 0 Å². The SMILES string of the molecule is O=C(CCl)Nc1ccc(-c2cc(O)cc3sc(=O)oc23)cc1. The molecule has 0 saturated carbocycles. The highest BCUT2D eigenvalue weighted by atomic mass is 35.5.